The van der Waals surface area contributed by atoms with E-state index in [1.807, 2.05) is 6.92 Å². The molecule has 0 bridgehead atoms. The summed E-state index contributed by atoms with van der Waals surface area (Å²) in [5, 5.41) is 63.2. The Kier molecular flexibility index (Phi) is 10.1. The summed E-state index contributed by atoms with van der Waals surface area (Å²) in [6.45, 7) is 16.8. The molecule has 8 N–H and O–H groups in total. The van der Waals surface area contributed by atoms with Crippen molar-refractivity contribution in [1.29, 1.82) is 0 Å². The van der Waals surface area contributed by atoms with Gasteiger partial charge in [-0.05, 0) is 127 Å². The van der Waals surface area contributed by atoms with Gasteiger partial charge in [-0.25, -0.2) is 0 Å². The van der Waals surface area contributed by atoms with Crippen LogP contribution in [0.3, 0.4) is 0 Å². The van der Waals surface area contributed by atoms with Crippen molar-refractivity contribution in [2.45, 2.75) is 168 Å². The van der Waals surface area contributed by atoms with Gasteiger partial charge in [-0.3, -0.25) is 0 Å². The first-order valence-electron chi connectivity index (χ1n) is 19.4. The number of aliphatic hydroxyl groups excluding tert-OH is 6. The summed E-state index contributed by atoms with van der Waals surface area (Å²) in [5.41, 5.74) is 7.65. The quantitative estimate of drug-likeness (QED) is 0.201. The zero-order chi connectivity index (χ0) is 35.2. The zero-order valence-electron chi connectivity index (χ0n) is 30.9. The molecule has 0 amide bonds. The number of ether oxygens (including phenoxy) is 2. The molecule has 18 atom stereocenters. The van der Waals surface area contributed by atoms with Crippen LogP contribution in [0.1, 0.15) is 119 Å². The van der Waals surface area contributed by atoms with Crippen LogP contribution in [0.25, 0.3) is 0 Å². The van der Waals surface area contributed by atoms with Crippen molar-refractivity contribution in [3.63, 3.8) is 0 Å². The maximum absolute atomic E-state index is 11.5. The molecule has 6 rings (SSSR count). The van der Waals surface area contributed by atoms with Crippen LogP contribution in [0.2, 0.25) is 0 Å². The van der Waals surface area contributed by atoms with Gasteiger partial charge in [-0.15, -0.1) is 0 Å². The van der Waals surface area contributed by atoms with Gasteiger partial charge in [-0.1, -0.05) is 54.9 Å². The first-order valence-corrected chi connectivity index (χ1v) is 19.4. The largest absolute Gasteiger partial charge is 0.394 e. The minimum Gasteiger partial charge on any atom is -0.394 e. The van der Waals surface area contributed by atoms with E-state index in [-0.39, 0.29) is 23.9 Å². The standard InChI is InChI=1S/C39H69NO8/c1-21(30(43)31(44)24(42)20-47-34-29(40)33(46)32(45)25(19-41)48-34)22-11-16-36(4)23(22)12-17-38(6)27(36)9-10-28-37(5)15-8-14-35(2,3)26(37)13-18-39(28,38)7/h21-34,41-46H,8-20,40H2,1-7H3/t21-,22-,23+,24-,25-,26+,27-,28-,29-,30+,31-,32-,33-,34-,36+,37+,38-,39-/m1/s1. The second-order valence-electron chi connectivity index (χ2n) is 19.3. The predicted molar refractivity (Wildman–Crippen MR) is 183 cm³/mol. The average molecular weight is 680 g/mol. The summed E-state index contributed by atoms with van der Waals surface area (Å²) in [6.07, 6.45) is 4.99. The van der Waals surface area contributed by atoms with E-state index in [9.17, 15) is 30.6 Å². The first kappa shape index (κ1) is 37.4. The molecule has 0 aromatic rings. The summed E-state index contributed by atoms with van der Waals surface area (Å²) < 4.78 is 11.1. The molecule has 1 heterocycles. The maximum atomic E-state index is 11.5. The summed E-state index contributed by atoms with van der Waals surface area (Å²) in [4.78, 5) is 0. The second-order valence-corrected chi connectivity index (χ2v) is 19.3. The lowest BCUT2D eigenvalue weighted by Crippen LogP contribution is -2.65. The van der Waals surface area contributed by atoms with Crippen LogP contribution in [-0.4, -0.2) is 92.8 Å². The van der Waals surface area contributed by atoms with Crippen molar-refractivity contribution >= 4 is 0 Å². The molecule has 6 fully saturated rings. The van der Waals surface area contributed by atoms with E-state index in [1.54, 1.807) is 0 Å². The smallest absolute Gasteiger partial charge is 0.175 e. The molecule has 1 aliphatic heterocycles. The monoisotopic (exact) mass is 680 g/mol. The Hall–Kier alpha value is -0.360. The highest BCUT2D eigenvalue weighted by molar-refractivity contribution is 5.19. The molecule has 278 valence electrons. The Labute approximate surface area is 289 Å². The van der Waals surface area contributed by atoms with E-state index < -0.39 is 55.6 Å². The molecule has 0 unspecified atom stereocenters. The molecule has 0 spiro atoms. The lowest BCUT2D eigenvalue weighted by atomic mass is 9.32. The minimum absolute atomic E-state index is 0.193. The van der Waals surface area contributed by atoms with Crippen molar-refractivity contribution in [3.8, 4) is 0 Å². The third-order valence-electron chi connectivity index (χ3n) is 17.1. The molecule has 48 heavy (non-hydrogen) atoms. The lowest BCUT2D eigenvalue weighted by molar-refractivity contribution is -0.273. The van der Waals surface area contributed by atoms with E-state index in [4.69, 9.17) is 15.2 Å². The van der Waals surface area contributed by atoms with Crippen LogP contribution in [0, 0.1) is 62.6 Å². The molecule has 9 nitrogen and oxygen atoms in total. The van der Waals surface area contributed by atoms with Gasteiger partial charge in [0.05, 0.1) is 25.4 Å². The van der Waals surface area contributed by atoms with Gasteiger partial charge in [-0.2, -0.15) is 0 Å². The van der Waals surface area contributed by atoms with Gasteiger partial charge in [0.1, 0.15) is 30.5 Å². The molecular weight excluding hydrogens is 610 g/mol. The Morgan fingerprint density at radius 1 is 0.750 bits per heavy atom. The van der Waals surface area contributed by atoms with E-state index in [0.29, 0.717) is 33.5 Å². The molecule has 9 heteroatoms. The van der Waals surface area contributed by atoms with Gasteiger partial charge in [0.25, 0.3) is 0 Å². The summed E-state index contributed by atoms with van der Waals surface area (Å²) in [6, 6.07) is -1.10. The first-order chi connectivity index (χ1) is 22.4. The molecule has 6 aliphatic rings. The summed E-state index contributed by atoms with van der Waals surface area (Å²) >= 11 is 0. The molecule has 1 saturated heterocycles. The molecule has 5 saturated carbocycles. The Morgan fingerprint density at radius 2 is 1.38 bits per heavy atom. The van der Waals surface area contributed by atoms with Crippen LogP contribution >= 0.6 is 0 Å². The summed E-state index contributed by atoms with van der Waals surface area (Å²) in [7, 11) is 0. The molecule has 0 aromatic heterocycles. The van der Waals surface area contributed by atoms with E-state index in [0.717, 1.165) is 31.1 Å². The highest BCUT2D eigenvalue weighted by Crippen LogP contribution is 2.78. The molecular formula is C39H69NO8. The topological polar surface area (TPSA) is 166 Å². The van der Waals surface area contributed by atoms with Gasteiger partial charge >= 0.3 is 0 Å². The van der Waals surface area contributed by atoms with Crippen molar-refractivity contribution in [2.24, 2.45) is 68.3 Å². The van der Waals surface area contributed by atoms with Gasteiger partial charge in [0.2, 0.25) is 0 Å². The fourth-order valence-electron chi connectivity index (χ4n) is 14.3. The number of fused-ring (bicyclic) bond motifs is 7. The maximum Gasteiger partial charge on any atom is 0.175 e. The normalized spacial score (nSPS) is 52.6. The Morgan fingerprint density at radius 3 is 2.02 bits per heavy atom. The van der Waals surface area contributed by atoms with E-state index in [1.165, 1.54) is 51.4 Å². The van der Waals surface area contributed by atoms with Crippen molar-refractivity contribution in [2.75, 3.05) is 13.2 Å². The van der Waals surface area contributed by atoms with E-state index >= 15 is 0 Å². The Balaban J connectivity index is 1.12. The average Bonchev–Trinajstić information content (AvgIpc) is 3.38. The lowest BCUT2D eigenvalue weighted by Gasteiger charge is -2.73. The van der Waals surface area contributed by atoms with Crippen molar-refractivity contribution in [3.05, 3.63) is 0 Å². The van der Waals surface area contributed by atoms with Crippen LogP contribution < -0.4 is 5.73 Å². The third kappa shape index (κ3) is 5.50. The minimum atomic E-state index is -1.44. The summed E-state index contributed by atoms with van der Waals surface area (Å²) in [5.74, 6) is 2.76. The molecule has 5 aliphatic carbocycles. The third-order valence-corrected chi connectivity index (χ3v) is 17.1. The fraction of sp³-hybridized carbons (Fsp3) is 1.00. The predicted octanol–water partition coefficient (Wildman–Crippen LogP) is 3.98. The molecule has 0 aromatic carbocycles. The number of nitrogens with two attached hydrogens (primary N) is 1. The number of hydrogen-bond acceptors (Lipinski definition) is 9. The van der Waals surface area contributed by atoms with Crippen LogP contribution in [0.4, 0.5) is 0 Å². The highest BCUT2D eigenvalue weighted by Gasteiger charge is 2.70. The SMILES string of the molecule is C[C@@H]([C@H](O)[C@H](O)[C@H](O)CO[C@@H]1O[C@H](CO)[C@@H](O)[C@H](O)[C@H]1N)[C@H]1CC[C@]2(C)[C@H]3CC[C@@H]4[C@@]5(C)CCCC(C)(C)[C@@H]5CC[C@@]4(C)[C@]3(C)CC[C@@H]12. The van der Waals surface area contributed by atoms with E-state index in [2.05, 4.69) is 41.5 Å². The van der Waals surface area contributed by atoms with Crippen LogP contribution in [0.5, 0.6) is 0 Å². The van der Waals surface area contributed by atoms with Crippen LogP contribution in [-0.2, 0) is 9.47 Å². The van der Waals surface area contributed by atoms with Gasteiger partial charge in [0, 0.05) is 0 Å². The van der Waals surface area contributed by atoms with Crippen molar-refractivity contribution in [1.82, 2.24) is 0 Å². The molecule has 0 radical (unpaired) electrons. The highest BCUT2D eigenvalue weighted by atomic mass is 16.7. The Bertz CT molecular complexity index is 1150. The van der Waals surface area contributed by atoms with Crippen LogP contribution in [0.15, 0.2) is 0 Å². The number of rotatable bonds is 8. The second kappa shape index (κ2) is 12.9. The number of hydrogen-bond donors (Lipinski definition) is 7. The van der Waals surface area contributed by atoms with Gasteiger partial charge < -0.3 is 45.8 Å². The van der Waals surface area contributed by atoms with Crippen molar-refractivity contribution < 1.29 is 40.1 Å². The number of aliphatic hydroxyl groups is 6. The zero-order valence-corrected chi connectivity index (χ0v) is 30.9. The fourth-order valence-corrected chi connectivity index (χ4v) is 14.3. The van der Waals surface area contributed by atoms with Gasteiger partial charge in [0.15, 0.2) is 6.29 Å².